The van der Waals surface area contributed by atoms with E-state index >= 15 is 0 Å². The van der Waals surface area contributed by atoms with Crippen molar-refractivity contribution in [2.75, 3.05) is 11.6 Å². The van der Waals surface area contributed by atoms with Crippen molar-refractivity contribution in [3.8, 4) is 17.0 Å². The summed E-state index contributed by atoms with van der Waals surface area (Å²) in [6, 6.07) is 18.3. The molecule has 7 heteroatoms. The molecular weight excluding hydrogens is 338 g/mol. The van der Waals surface area contributed by atoms with Gasteiger partial charge in [0.25, 0.3) is 0 Å². The predicted molar refractivity (Wildman–Crippen MR) is 97.4 cm³/mol. The number of rotatable bonds is 5. The van der Waals surface area contributed by atoms with Crippen molar-refractivity contribution in [2.45, 2.75) is 6.92 Å². The van der Waals surface area contributed by atoms with E-state index in [2.05, 4.69) is 15.3 Å². The maximum absolute atomic E-state index is 11.3. The van der Waals surface area contributed by atoms with E-state index in [1.165, 1.54) is 0 Å². The van der Waals surface area contributed by atoms with E-state index in [4.69, 9.17) is 4.18 Å². The van der Waals surface area contributed by atoms with Crippen molar-refractivity contribution >= 4 is 21.6 Å². The first-order valence-electron chi connectivity index (χ1n) is 7.57. The van der Waals surface area contributed by atoms with Crippen LogP contribution in [0.4, 0.5) is 11.5 Å². The summed E-state index contributed by atoms with van der Waals surface area (Å²) in [5.41, 5.74) is 2.46. The molecule has 0 spiro atoms. The van der Waals surface area contributed by atoms with Gasteiger partial charge in [0.2, 0.25) is 0 Å². The Morgan fingerprint density at radius 1 is 0.960 bits per heavy atom. The fourth-order valence-electron chi connectivity index (χ4n) is 2.34. The predicted octanol–water partition coefficient (Wildman–Crippen LogP) is 3.53. The molecule has 0 amide bonds. The van der Waals surface area contributed by atoms with Crippen LogP contribution in [0.3, 0.4) is 0 Å². The van der Waals surface area contributed by atoms with Gasteiger partial charge < -0.3 is 9.50 Å². The van der Waals surface area contributed by atoms with E-state index in [1.54, 1.807) is 24.3 Å². The van der Waals surface area contributed by atoms with Gasteiger partial charge in [-0.25, -0.2) is 9.97 Å². The molecule has 0 bridgehead atoms. The molecule has 6 nitrogen and oxygen atoms in total. The second-order valence-electron chi connectivity index (χ2n) is 5.49. The van der Waals surface area contributed by atoms with Gasteiger partial charge in [0.05, 0.1) is 11.9 Å². The molecule has 128 valence electrons. The van der Waals surface area contributed by atoms with E-state index < -0.39 is 10.1 Å². The molecule has 3 aromatic rings. The number of aromatic nitrogens is 2. The lowest BCUT2D eigenvalue weighted by Crippen LogP contribution is -2.06. The largest absolute Gasteiger partial charge is 0.383 e. The van der Waals surface area contributed by atoms with Crippen molar-refractivity contribution in [1.82, 2.24) is 9.97 Å². The Morgan fingerprint density at radius 2 is 1.72 bits per heavy atom. The molecule has 0 aliphatic rings. The molecule has 0 saturated heterocycles. The van der Waals surface area contributed by atoms with Gasteiger partial charge in [-0.05, 0) is 19.1 Å². The first-order chi connectivity index (χ1) is 11.9. The van der Waals surface area contributed by atoms with Crippen LogP contribution in [0, 0.1) is 6.92 Å². The van der Waals surface area contributed by atoms with Gasteiger partial charge in [-0.3, -0.25) is 0 Å². The summed E-state index contributed by atoms with van der Waals surface area (Å²) in [5.74, 6) is 1.48. The van der Waals surface area contributed by atoms with Crippen molar-refractivity contribution in [3.63, 3.8) is 0 Å². The number of aryl methyl sites for hydroxylation is 1. The Kier molecular flexibility index (Phi) is 4.67. The lowest BCUT2D eigenvalue weighted by atomic mass is 10.1. The van der Waals surface area contributed by atoms with Gasteiger partial charge >= 0.3 is 10.1 Å². The first-order valence-corrected chi connectivity index (χ1v) is 9.38. The van der Waals surface area contributed by atoms with Crippen LogP contribution in [0.15, 0.2) is 60.7 Å². The summed E-state index contributed by atoms with van der Waals surface area (Å²) < 4.78 is 27.4. The molecule has 0 unspecified atom stereocenters. The van der Waals surface area contributed by atoms with E-state index in [-0.39, 0.29) is 5.75 Å². The normalized spacial score (nSPS) is 11.1. The van der Waals surface area contributed by atoms with E-state index in [1.807, 2.05) is 43.3 Å². The molecule has 25 heavy (non-hydrogen) atoms. The quantitative estimate of drug-likeness (QED) is 0.705. The second kappa shape index (κ2) is 6.90. The zero-order chi connectivity index (χ0) is 17.9. The SMILES string of the molecule is Cc1nc(Nc2cccc(OS(C)(=O)=O)c2)cc(-c2ccccc2)n1. The average molecular weight is 355 g/mol. The molecule has 1 aromatic heterocycles. The third-order valence-corrected chi connectivity index (χ3v) is 3.76. The zero-order valence-corrected chi connectivity index (χ0v) is 14.6. The minimum absolute atomic E-state index is 0.238. The van der Waals surface area contributed by atoms with Crippen LogP contribution >= 0.6 is 0 Å². The number of nitrogens with one attached hydrogen (secondary N) is 1. The van der Waals surface area contributed by atoms with Crippen LogP contribution in [-0.4, -0.2) is 24.6 Å². The molecule has 0 atom stereocenters. The number of nitrogens with zero attached hydrogens (tertiary/aromatic N) is 2. The first kappa shape index (κ1) is 16.9. The van der Waals surface area contributed by atoms with Crippen molar-refractivity contribution in [1.29, 1.82) is 0 Å². The van der Waals surface area contributed by atoms with E-state index in [9.17, 15) is 8.42 Å². The van der Waals surface area contributed by atoms with Crippen LogP contribution in [0.2, 0.25) is 0 Å². The summed E-state index contributed by atoms with van der Waals surface area (Å²) >= 11 is 0. The highest BCUT2D eigenvalue weighted by molar-refractivity contribution is 7.86. The third-order valence-electron chi connectivity index (χ3n) is 3.26. The standard InChI is InChI=1S/C18H17N3O3S/c1-13-19-17(14-7-4-3-5-8-14)12-18(20-13)21-15-9-6-10-16(11-15)24-25(2,22)23/h3-12H,1-2H3,(H,19,20,21). The Labute approximate surface area is 146 Å². The maximum Gasteiger partial charge on any atom is 0.306 e. The van der Waals surface area contributed by atoms with E-state index in [0.717, 1.165) is 17.5 Å². The molecule has 2 aromatic carbocycles. The number of benzene rings is 2. The van der Waals surface area contributed by atoms with Crippen LogP contribution in [0.1, 0.15) is 5.82 Å². The molecular formula is C18H17N3O3S. The molecule has 1 heterocycles. The summed E-state index contributed by atoms with van der Waals surface area (Å²) in [7, 11) is -3.57. The van der Waals surface area contributed by atoms with Gasteiger partial charge in [-0.2, -0.15) is 8.42 Å². The van der Waals surface area contributed by atoms with Crippen molar-refractivity contribution in [3.05, 3.63) is 66.5 Å². The smallest absolute Gasteiger partial charge is 0.306 e. The van der Waals surface area contributed by atoms with Crippen LogP contribution < -0.4 is 9.50 Å². The van der Waals surface area contributed by atoms with Crippen molar-refractivity contribution < 1.29 is 12.6 Å². The Hall–Kier alpha value is -2.93. The molecule has 0 aliphatic carbocycles. The summed E-state index contributed by atoms with van der Waals surface area (Å²) in [5, 5.41) is 3.16. The highest BCUT2D eigenvalue weighted by Crippen LogP contribution is 2.24. The highest BCUT2D eigenvalue weighted by Gasteiger charge is 2.07. The van der Waals surface area contributed by atoms with Crippen molar-refractivity contribution in [2.24, 2.45) is 0 Å². The molecule has 3 rings (SSSR count). The zero-order valence-electron chi connectivity index (χ0n) is 13.8. The molecule has 0 fully saturated rings. The molecule has 0 aliphatic heterocycles. The molecule has 0 radical (unpaired) electrons. The number of anilines is 2. The van der Waals surface area contributed by atoms with Gasteiger partial charge in [0, 0.05) is 23.4 Å². The van der Waals surface area contributed by atoms with Gasteiger partial charge in [0.15, 0.2) is 0 Å². The number of hydrogen-bond donors (Lipinski definition) is 1. The van der Waals surface area contributed by atoms with Crippen LogP contribution in [0.25, 0.3) is 11.3 Å². The monoisotopic (exact) mass is 355 g/mol. The van der Waals surface area contributed by atoms with Crippen LogP contribution in [-0.2, 0) is 10.1 Å². The third kappa shape index (κ3) is 4.77. The fourth-order valence-corrected chi connectivity index (χ4v) is 2.79. The summed E-state index contributed by atoms with van der Waals surface area (Å²) in [4.78, 5) is 8.83. The minimum atomic E-state index is -3.57. The maximum atomic E-state index is 11.3. The van der Waals surface area contributed by atoms with Gasteiger partial charge in [-0.1, -0.05) is 36.4 Å². The second-order valence-corrected chi connectivity index (χ2v) is 7.07. The fraction of sp³-hybridized carbons (Fsp3) is 0.111. The van der Waals surface area contributed by atoms with Crippen LogP contribution in [0.5, 0.6) is 5.75 Å². The number of hydrogen-bond acceptors (Lipinski definition) is 6. The average Bonchev–Trinajstić information content (AvgIpc) is 2.54. The summed E-state index contributed by atoms with van der Waals surface area (Å²) in [6.07, 6.45) is 1.01. The Morgan fingerprint density at radius 3 is 2.44 bits per heavy atom. The van der Waals surface area contributed by atoms with Gasteiger partial charge in [-0.15, -0.1) is 0 Å². The highest BCUT2D eigenvalue weighted by atomic mass is 32.2. The summed E-state index contributed by atoms with van der Waals surface area (Å²) in [6.45, 7) is 1.82. The lowest BCUT2D eigenvalue weighted by Gasteiger charge is -2.10. The Balaban J connectivity index is 1.89. The van der Waals surface area contributed by atoms with Gasteiger partial charge in [0.1, 0.15) is 17.4 Å². The molecule has 0 saturated carbocycles. The van der Waals surface area contributed by atoms with E-state index in [0.29, 0.717) is 17.3 Å². The Bertz CT molecular complexity index is 989. The lowest BCUT2D eigenvalue weighted by molar-refractivity contribution is 0.493. The minimum Gasteiger partial charge on any atom is -0.383 e. The topological polar surface area (TPSA) is 81.2 Å². The molecule has 1 N–H and O–H groups in total.